The zero-order chi connectivity index (χ0) is 13.1. The number of hydrogen-bond acceptors (Lipinski definition) is 3. The molecular weight excluding hydrogens is 249 g/mol. The maximum atomic E-state index is 13.0. The Kier molecular flexibility index (Phi) is 3.99. The van der Waals surface area contributed by atoms with E-state index in [1.54, 1.807) is 17.4 Å². The molecule has 2 unspecified atom stereocenters. The van der Waals surface area contributed by atoms with Gasteiger partial charge in [-0.1, -0.05) is 0 Å². The van der Waals surface area contributed by atoms with E-state index in [0.717, 1.165) is 11.1 Å². The maximum absolute atomic E-state index is 13.0. The largest absolute Gasteiger partial charge is 0.484 e. The van der Waals surface area contributed by atoms with Gasteiger partial charge in [0.15, 0.2) is 0 Å². The van der Waals surface area contributed by atoms with Gasteiger partial charge in [0.2, 0.25) is 0 Å². The molecule has 0 saturated heterocycles. The molecule has 1 aromatic carbocycles. The monoisotopic (exact) mass is 265 g/mol. The molecular formula is C14H16FNOS. The van der Waals surface area contributed by atoms with Gasteiger partial charge in [-0.05, 0) is 54.4 Å². The fourth-order valence-electron chi connectivity index (χ4n) is 1.80. The fraction of sp³-hybridized carbons (Fsp3) is 0.286. The van der Waals surface area contributed by atoms with Gasteiger partial charge in [0, 0.05) is 11.6 Å². The number of rotatable bonds is 4. The van der Waals surface area contributed by atoms with E-state index in [9.17, 15) is 4.39 Å². The van der Waals surface area contributed by atoms with E-state index in [2.05, 4.69) is 0 Å². The molecule has 1 aromatic heterocycles. The van der Waals surface area contributed by atoms with E-state index in [4.69, 9.17) is 10.5 Å². The molecule has 0 bridgehead atoms. The van der Waals surface area contributed by atoms with Crippen molar-refractivity contribution in [3.63, 3.8) is 0 Å². The normalized spacial score (nSPS) is 14.2. The van der Waals surface area contributed by atoms with Crippen molar-refractivity contribution in [2.45, 2.75) is 26.0 Å². The van der Waals surface area contributed by atoms with E-state index in [1.807, 2.05) is 30.7 Å². The summed E-state index contributed by atoms with van der Waals surface area (Å²) in [4.78, 5) is 0. The van der Waals surface area contributed by atoms with Crippen molar-refractivity contribution in [1.82, 2.24) is 0 Å². The quantitative estimate of drug-likeness (QED) is 0.915. The summed E-state index contributed by atoms with van der Waals surface area (Å²) in [6.07, 6.45) is -0.208. The molecule has 0 aliphatic rings. The van der Waals surface area contributed by atoms with E-state index in [1.165, 1.54) is 12.1 Å². The molecule has 2 rings (SSSR count). The zero-order valence-electron chi connectivity index (χ0n) is 10.4. The molecule has 0 fully saturated rings. The van der Waals surface area contributed by atoms with Crippen molar-refractivity contribution in [1.29, 1.82) is 0 Å². The summed E-state index contributed by atoms with van der Waals surface area (Å²) in [6, 6.07) is 6.36. The molecule has 2 nitrogen and oxygen atoms in total. The first-order chi connectivity index (χ1) is 8.58. The predicted molar refractivity (Wildman–Crippen MR) is 72.5 cm³/mol. The minimum Gasteiger partial charge on any atom is -0.484 e. The highest BCUT2D eigenvalue weighted by Gasteiger charge is 2.19. The van der Waals surface area contributed by atoms with E-state index < -0.39 is 0 Å². The molecule has 0 aliphatic heterocycles. The van der Waals surface area contributed by atoms with Crippen molar-refractivity contribution >= 4 is 11.3 Å². The topological polar surface area (TPSA) is 35.2 Å². The van der Waals surface area contributed by atoms with Crippen LogP contribution in [0.1, 0.15) is 24.2 Å². The number of ether oxygens (including phenoxy) is 1. The zero-order valence-corrected chi connectivity index (χ0v) is 11.2. The average Bonchev–Trinajstić information content (AvgIpc) is 2.80. The van der Waals surface area contributed by atoms with E-state index in [0.29, 0.717) is 5.75 Å². The van der Waals surface area contributed by atoms with Gasteiger partial charge in [0.05, 0.1) is 0 Å². The van der Waals surface area contributed by atoms with Crippen LogP contribution in [0.4, 0.5) is 4.39 Å². The van der Waals surface area contributed by atoms with Gasteiger partial charge in [-0.25, -0.2) is 4.39 Å². The van der Waals surface area contributed by atoms with Crippen LogP contribution in [0.5, 0.6) is 5.75 Å². The van der Waals surface area contributed by atoms with Crippen LogP contribution < -0.4 is 10.5 Å². The fourth-order valence-corrected chi connectivity index (χ4v) is 2.48. The third kappa shape index (κ3) is 2.89. The van der Waals surface area contributed by atoms with Gasteiger partial charge in [0.25, 0.3) is 0 Å². The van der Waals surface area contributed by atoms with Crippen molar-refractivity contribution in [3.05, 3.63) is 52.0 Å². The lowest BCUT2D eigenvalue weighted by atomic mass is 10.1. The third-order valence-corrected chi connectivity index (χ3v) is 3.44. The lowest BCUT2D eigenvalue weighted by Crippen LogP contribution is -2.28. The Morgan fingerprint density at radius 2 is 2.11 bits per heavy atom. The van der Waals surface area contributed by atoms with Gasteiger partial charge in [-0.15, -0.1) is 0 Å². The van der Waals surface area contributed by atoms with Crippen molar-refractivity contribution in [2.75, 3.05) is 0 Å². The summed E-state index contributed by atoms with van der Waals surface area (Å²) in [5.74, 6) is 0.414. The molecule has 0 spiro atoms. The maximum Gasteiger partial charge on any atom is 0.139 e. The van der Waals surface area contributed by atoms with Crippen LogP contribution in [0.3, 0.4) is 0 Å². The second-order valence-corrected chi connectivity index (χ2v) is 5.14. The first-order valence-corrected chi connectivity index (χ1v) is 6.72. The number of thiophene rings is 1. The van der Waals surface area contributed by atoms with Crippen LogP contribution in [0, 0.1) is 12.7 Å². The number of hydrogen-bond donors (Lipinski definition) is 1. The molecule has 0 saturated carbocycles. The molecule has 0 aliphatic carbocycles. The average molecular weight is 265 g/mol. The summed E-state index contributed by atoms with van der Waals surface area (Å²) >= 11 is 1.61. The van der Waals surface area contributed by atoms with Crippen LogP contribution >= 0.6 is 11.3 Å². The van der Waals surface area contributed by atoms with Gasteiger partial charge in [0.1, 0.15) is 17.7 Å². The van der Waals surface area contributed by atoms with Crippen molar-refractivity contribution in [3.8, 4) is 5.75 Å². The predicted octanol–water partition coefficient (Wildman–Crippen LogP) is 3.66. The lowest BCUT2D eigenvalue weighted by Gasteiger charge is -2.22. The Balaban J connectivity index is 2.24. The summed E-state index contributed by atoms with van der Waals surface area (Å²) in [7, 11) is 0. The van der Waals surface area contributed by atoms with Gasteiger partial charge in [-0.3, -0.25) is 0 Å². The minimum atomic E-state index is -0.257. The Morgan fingerprint density at radius 3 is 2.67 bits per heavy atom. The van der Waals surface area contributed by atoms with Gasteiger partial charge >= 0.3 is 0 Å². The molecule has 96 valence electrons. The minimum absolute atomic E-state index is 0.135. The lowest BCUT2D eigenvalue weighted by molar-refractivity contribution is 0.179. The van der Waals surface area contributed by atoms with E-state index in [-0.39, 0.29) is 18.0 Å². The number of benzene rings is 1. The first-order valence-electron chi connectivity index (χ1n) is 5.78. The van der Waals surface area contributed by atoms with Crippen LogP contribution in [-0.2, 0) is 0 Å². The summed E-state index contributed by atoms with van der Waals surface area (Å²) in [5.41, 5.74) is 7.79. The highest BCUT2D eigenvalue weighted by atomic mass is 32.1. The van der Waals surface area contributed by atoms with E-state index >= 15 is 0 Å². The molecule has 18 heavy (non-hydrogen) atoms. The second kappa shape index (κ2) is 5.50. The Hall–Kier alpha value is -1.39. The summed E-state index contributed by atoms with van der Waals surface area (Å²) < 4.78 is 19.0. The third-order valence-electron chi connectivity index (χ3n) is 2.74. The highest BCUT2D eigenvalue weighted by molar-refractivity contribution is 7.07. The van der Waals surface area contributed by atoms with Gasteiger partial charge < -0.3 is 10.5 Å². The molecule has 0 radical (unpaired) electrons. The molecule has 4 heteroatoms. The van der Waals surface area contributed by atoms with Crippen molar-refractivity contribution in [2.24, 2.45) is 5.73 Å². The summed E-state index contributed by atoms with van der Waals surface area (Å²) in [6.45, 7) is 3.73. The molecule has 2 N–H and O–H groups in total. The Morgan fingerprint density at radius 1 is 1.33 bits per heavy atom. The molecule has 1 heterocycles. The molecule has 2 aromatic rings. The SMILES string of the molecule is Cc1cc(F)ccc1OC(c1ccsc1)C(C)N. The van der Waals surface area contributed by atoms with Crippen LogP contribution in [0.15, 0.2) is 35.0 Å². The molecule has 0 amide bonds. The molecule has 2 atom stereocenters. The highest BCUT2D eigenvalue weighted by Crippen LogP contribution is 2.28. The van der Waals surface area contributed by atoms with Crippen LogP contribution in [0.2, 0.25) is 0 Å². The second-order valence-electron chi connectivity index (χ2n) is 4.36. The van der Waals surface area contributed by atoms with Crippen LogP contribution in [-0.4, -0.2) is 6.04 Å². The Labute approximate surface area is 110 Å². The first kappa shape index (κ1) is 13.1. The number of halogens is 1. The number of nitrogens with two attached hydrogens (primary N) is 1. The number of aryl methyl sites for hydroxylation is 1. The standard InChI is InChI=1S/C14H16FNOS/c1-9-7-12(15)3-4-13(9)17-14(10(2)16)11-5-6-18-8-11/h3-8,10,14H,16H2,1-2H3. The van der Waals surface area contributed by atoms with Crippen molar-refractivity contribution < 1.29 is 9.13 Å². The Bertz CT molecular complexity index is 511. The van der Waals surface area contributed by atoms with Gasteiger partial charge in [-0.2, -0.15) is 11.3 Å². The summed E-state index contributed by atoms with van der Waals surface area (Å²) in [5, 5.41) is 4.01. The smallest absolute Gasteiger partial charge is 0.139 e. The van der Waals surface area contributed by atoms with Crippen LogP contribution in [0.25, 0.3) is 0 Å².